The van der Waals surface area contributed by atoms with Crippen molar-refractivity contribution in [3.8, 4) is 0 Å². The Morgan fingerprint density at radius 1 is 1.33 bits per heavy atom. The van der Waals surface area contributed by atoms with E-state index in [4.69, 9.17) is 16.1 Å². The molecule has 0 amide bonds. The van der Waals surface area contributed by atoms with Crippen LogP contribution in [0.5, 0.6) is 0 Å². The molecule has 4 heteroatoms. The Kier molecular flexibility index (Phi) is 4.13. The summed E-state index contributed by atoms with van der Waals surface area (Å²) in [5.74, 6) is 1.13. The molecule has 4 nitrogen and oxygen atoms in total. The molecule has 3 rings (SSSR count). The van der Waals surface area contributed by atoms with Crippen LogP contribution in [0.4, 0.5) is 5.82 Å². The molecule has 1 unspecified atom stereocenters. The van der Waals surface area contributed by atoms with Gasteiger partial charge in [0.2, 0.25) is 0 Å². The van der Waals surface area contributed by atoms with Gasteiger partial charge in [0.05, 0.1) is 5.56 Å². The summed E-state index contributed by atoms with van der Waals surface area (Å²) in [6.45, 7) is 3.29. The number of anilines is 1. The lowest BCUT2D eigenvalue weighted by Gasteiger charge is -2.37. The highest BCUT2D eigenvalue weighted by molar-refractivity contribution is 6.00. The van der Waals surface area contributed by atoms with Gasteiger partial charge in [-0.1, -0.05) is 6.92 Å². The Bertz CT molecular complexity index is 538. The smallest absolute Gasteiger partial charge is 0.140 e. The molecular weight excluding hydrogens is 260 g/mol. The summed E-state index contributed by atoms with van der Waals surface area (Å²) in [5.41, 5.74) is 9.24. The van der Waals surface area contributed by atoms with Crippen LogP contribution in [0.25, 0.3) is 0 Å². The number of pyridine rings is 1. The number of aryl methyl sites for hydroxylation is 2. The minimum absolute atomic E-state index is 0.159. The quantitative estimate of drug-likeness (QED) is 0.663. The first kappa shape index (κ1) is 14.4. The molecule has 1 aromatic heterocycles. The van der Waals surface area contributed by atoms with E-state index in [1.54, 1.807) is 0 Å². The number of amidine groups is 1. The minimum atomic E-state index is 0.159. The second-order valence-electron chi connectivity index (χ2n) is 6.34. The third-order valence-electron chi connectivity index (χ3n) is 4.94. The summed E-state index contributed by atoms with van der Waals surface area (Å²) in [7, 11) is 0. The van der Waals surface area contributed by atoms with Crippen LogP contribution in [0.15, 0.2) is 6.07 Å². The van der Waals surface area contributed by atoms with Crippen molar-refractivity contribution >= 4 is 11.7 Å². The molecule has 0 radical (unpaired) electrons. The maximum absolute atomic E-state index is 7.95. The number of fused-ring (bicyclic) bond motifs is 1. The van der Waals surface area contributed by atoms with Crippen LogP contribution < -0.4 is 10.6 Å². The van der Waals surface area contributed by atoms with Gasteiger partial charge in [0.1, 0.15) is 11.7 Å². The largest absolute Gasteiger partial charge is 0.384 e. The van der Waals surface area contributed by atoms with Crippen LogP contribution in [-0.4, -0.2) is 23.4 Å². The molecule has 1 saturated heterocycles. The summed E-state index contributed by atoms with van der Waals surface area (Å²) in [5, 5.41) is 7.95. The number of nitrogens with one attached hydrogen (secondary N) is 1. The van der Waals surface area contributed by atoms with Gasteiger partial charge >= 0.3 is 0 Å². The van der Waals surface area contributed by atoms with E-state index in [1.165, 1.54) is 43.4 Å². The van der Waals surface area contributed by atoms with Crippen molar-refractivity contribution in [3.63, 3.8) is 0 Å². The van der Waals surface area contributed by atoms with Crippen molar-refractivity contribution < 1.29 is 0 Å². The van der Waals surface area contributed by atoms with Crippen LogP contribution in [0.1, 0.15) is 62.3 Å². The van der Waals surface area contributed by atoms with Crippen LogP contribution in [0.2, 0.25) is 0 Å². The SMILES string of the molecule is CCC1CCCCN1c1nc2c(cc1C(=N)N)CCCC2. The monoisotopic (exact) mass is 286 g/mol. The van der Waals surface area contributed by atoms with Gasteiger partial charge in [-0.15, -0.1) is 0 Å². The van der Waals surface area contributed by atoms with Crippen molar-refractivity contribution in [2.75, 3.05) is 11.4 Å². The molecular formula is C17H26N4. The van der Waals surface area contributed by atoms with E-state index in [-0.39, 0.29) is 5.84 Å². The number of nitrogen functional groups attached to an aromatic ring is 1. The normalized spacial score (nSPS) is 22.0. The van der Waals surface area contributed by atoms with Crippen LogP contribution in [-0.2, 0) is 12.8 Å². The lowest BCUT2D eigenvalue weighted by Crippen LogP contribution is -2.41. The number of hydrogen-bond donors (Lipinski definition) is 2. The zero-order chi connectivity index (χ0) is 14.8. The zero-order valence-corrected chi connectivity index (χ0v) is 13.0. The topological polar surface area (TPSA) is 66.0 Å². The maximum Gasteiger partial charge on any atom is 0.140 e. The van der Waals surface area contributed by atoms with Crippen molar-refractivity contribution in [2.24, 2.45) is 5.73 Å². The summed E-state index contributed by atoms with van der Waals surface area (Å²) in [6.07, 6.45) is 9.50. The number of aromatic nitrogens is 1. The van der Waals surface area contributed by atoms with E-state index in [0.717, 1.165) is 37.2 Å². The van der Waals surface area contributed by atoms with E-state index < -0.39 is 0 Å². The maximum atomic E-state index is 7.95. The van der Waals surface area contributed by atoms with E-state index in [0.29, 0.717) is 6.04 Å². The molecule has 0 bridgehead atoms. The van der Waals surface area contributed by atoms with E-state index in [2.05, 4.69) is 17.9 Å². The highest BCUT2D eigenvalue weighted by atomic mass is 15.2. The summed E-state index contributed by atoms with van der Waals surface area (Å²) in [6, 6.07) is 2.69. The van der Waals surface area contributed by atoms with Crippen molar-refractivity contribution in [1.29, 1.82) is 5.41 Å². The first-order valence-corrected chi connectivity index (χ1v) is 8.34. The predicted octanol–water partition coefficient (Wildman–Crippen LogP) is 3.01. The van der Waals surface area contributed by atoms with Gasteiger partial charge in [0, 0.05) is 18.3 Å². The first-order valence-electron chi connectivity index (χ1n) is 8.34. The van der Waals surface area contributed by atoms with Gasteiger partial charge in [-0.25, -0.2) is 4.98 Å². The summed E-state index contributed by atoms with van der Waals surface area (Å²) >= 11 is 0. The Balaban J connectivity index is 2.04. The number of nitrogens with two attached hydrogens (primary N) is 1. The molecule has 1 aliphatic heterocycles. The standard InChI is InChI=1S/C17H26N4/c1-2-13-8-5-6-10-21(13)17-14(16(18)19)11-12-7-3-4-9-15(12)20-17/h11,13H,2-10H2,1H3,(H3,18,19). The zero-order valence-electron chi connectivity index (χ0n) is 13.0. The molecule has 0 aromatic carbocycles. The molecule has 114 valence electrons. The third-order valence-corrected chi connectivity index (χ3v) is 4.94. The van der Waals surface area contributed by atoms with Gasteiger partial charge in [0.15, 0.2) is 0 Å². The average Bonchev–Trinajstić information content (AvgIpc) is 2.53. The fourth-order valence-electron chi connectivity index (χ4n) is 3.74. The molecule has 2 heterocycles. The third kappa shape index (κ3) is 2.76. The number of hydrogen-bond acceptors (Lipinski definition) is 3. The summed E-state index contributed by atoms with van der Waals surface area (Å²) in [4.78, 5) is 7.37. The van der Waals surface area contributed by atoms with Gasteiger partial charge in [-0.05, 0) is 63.0 Å². The molecule has 21 heavy (non-hydrogen) atoms. The molecule has 2 aliphatic rings. The predicted molar refractivity (Wildman–Crippen MR) is 87.2 cm³/mol. The molecule has 1 fully saturated rings. The highest BCUT2D eigenvalue weighted by Gasteiger charge is 2.26. The summed E-state index contributed by atoms with van der Waals surface area (Å²) < 4.78 is 0. The minimum Gasteiger partial charge on any atom is -0.384 e. The number of rotatable bonds is 3. The molecule has 0 spiro atoms. The Morgan fingerprint density at radius 3 is 2.90 bits per heavy atom. The lowest BCUT2D eigenvalue weighted by atomic mass is 9.93. The van der Waals surface area contributed by atoms with E-state index in [1.807, 2.05) is 0 Å². The molecule has 1 aromatic rings. The van der Waals surface area contributed by atoms with Crippen LogP contribution >= 0.6 is 0 Å². The molecule has 0 saturated carbocycles. The Hall–Kier alpha value is -1.58. The van der Waals surface area contributed by atoms with Crippen molar-refractivity contribution in [2.45, 2.75) is 64.3 Å². The fourth-order valence-corrected chi connectivity index (χ4v) is 3.74. The van der Waals surface area contributed by atoms with Gasteiger partial charge in [-0.3, -0.25) is 5.41 Å². The Morgan fingerprint density at radius 2 is 2.14 bits per heavy atom. The van der Waals surface area contributed by atoms with Gasteiger partial charge in [0.25, 0.3) is 0 Å². The van der Waals surface area contributed by atoms with Crippen LogP contribution in [0.3, 0.4) is 0 Å². The molecule has 1 aliphatic carbocycles. The lowest BCUT2D eigenvalue weighted by molar-refractivity contribution is 0.446. The molecule has 1 atom stereocenters. The number of piperidine rings is 1. The van der Waals surface area contributed by atoms with E-state index >= 15 is 0 Å². The highest BCUT2D eigenvalue weighted by Crippen LogP contribution is 2.31. The second kappa shape index (κ2) is 6.04. The van der Waals surface area contributed by atoms with Crippen LogP contribution in [0, 0.1) is 5.41 Å². The van der Waals surface area contributed by atoms with Gasteiger partial charge < -0.3 is 10.6 Å². The van der Waals surface area contributed by atoms with E-state index in [9.17, 15) is 0 Å². The van der Waals surface area contributed by atoms with Gasteiger partial charge in [-0.2, -0.15) is 0 Å². The van der Waals surface area contributed by atoms with Crippen molar-refractivity contribution in [1.82, 2.24) is 4.98 Å². The molecule has 3 N–H and O–H groups in total. The Labute approximate surface area is 127 Å². The first-order chi connectivity index (χ1) is 10.2. The average molecular weight is 286 g/mol. The second-order valence-corrected chi connectivity index (χ2v) is 6.34. The van der Waals surface area contributed by atoms with Crippen molar-refractivity contribution in [3.05, 3.63) is 22.9 Å². The number of nitrogens with zero attached hydrogens (tertiary/aromatic N) is 2. The fraction of sp³-hybridized carbons (Fsp3) is 0.647.